The zero-order valence-corrected chi connectivity index (χ0v) is 11.5. The largest absolute Gasteiger partial charge is 0.380 e. The number of hydrogen-bond donors (Lipinski definition) is 1. The van der Waals surface area contributed by atoms with Crippen molar-refractivity contribution < 1.29 is 4.92 Å². The Labute approximate surface area is 115 Å². The molecule has 1 N–H and O–H groups in total. The van der Waals surface area contributed by atoms with Gasteiger partial charge >= 0.3 is 0 Å². The van der Waals surface area contributed by atoms with Crippen LogP contribution in [0.4, 0.5) is 11.4 Å². The quantitative estimate of drug-likeness (QED) is 0.641. The van der Waals surface area contributed by atoms with E-state index in [4.69, 9.17) is 23.2 Å². The minimum atomic E-state index is -0.501. The molecule has 1 aliphatic carbocycles. The molecule has 98 valence electrons. The van der Waals surface area contributed by atoms with Crippen molar-refractivity contribution in [2.24, 2.45) is 5.92 Å². The molecule has 6 heteroatoms. The Balaban J connectivity index is 2.12. The summed E-state index contributed by atoms with van der Waals surface area (Å²) in [5, 5.41) is 14.5. The Kier molecular flexibility index (Phi) is 3.97. The highest BCUT2D eigenvalue weighted by molar-refractivity contribution is 6.39. The number of nitrogens with one attached hydrogen (secondary N) is 1. The highest BCUT2D eigenvalue weighted by Crippen LogP contribution is 2.42. The van der Waals surface area contributed by atoms with E-state index < -0.39 is 4.92 Å². The van der Waals surface area contributed by atoms with E-state index in [0.717, 1.165) is 12.8 Å². The Hall–Kier alpha value is -1.00. The molecule has 1 fully saturated rings. The lowest BCUT2D eigenvalue weighted by Gasteiger charge is -2.10. The third kappa shape index (κ3) is 2.87. The molecule has 2 atom stereocenters. The fourth-order valence-electron chi connectivity index (χ4n) is 2.10. The molecule has 1 aliphatic rings. The Bertz CT molecular complexity index is 456. The van der Waals surface area contributed by atoms with Gasteiger partial charge in [0.1, 0.15) is 0 Å². The van der Waals surface area contributed by atoms with E-state index in [1.54, 1.807) is 0 Å². The van der Waals surface area contributed by atoms with Crippen LogP contribution < -0.4 is 5.32 Å². The summed E-state index contributed by atoms with van der Waals surface area (Å²) in [5.74, 6) is 0.664. The molecule has 0 amide bonds. The maximum atomic E-state index is 10.7. The summed E-state index contributed by atoms with van der Waals surface area (Å²) in [6, 6.07) is 3.04. The van der Waals surface area contributed by atoms with Gasteiger partial charge in [-0.05, 0) is 18.8 Å². The highest BCUT2D eigenvalue weighted by atomic mass is 35.5. The third-order valence-electron chi connectivity index (χ3n) is 3.15. The number of nitrogens with zero attached hydrogens (tertiary/aromatic N) is 1. The normalized spacial score (nSPS) is 21.7. The first-order chi connectivity index (χ1) is 8.52. The molecule has 1 saturated carbocycles. The van der Waals surface area contributed by atoms with Crippen LogP contribution in [0.1, 0.15) is 26.2 Å². The number of anilines is 1. The van der Waals surface area contributed by atoms with Gasteiger partial charge in [0.15, 0.2) is 0 Å². The van der Waals surface area contributed by atoms with Gasteiger partial charge in [-0.2, -0.15) is 0 Å². The molecule has 0 spiro atoms. The van der Waals surface area contributed by atoms with Crippen LogP contribution in [0.2, 0.25) is 10.0 Å². The molecule has 2 rings (SSSR count). The van der Waals surface area contributed by atoms with Crippen LogP contribution in [0.25, 0.3) is 0 Å². The smallest absolute Gasteiger partial charge is 0.272 e. The van der Waals surface area contributed by atoms with Crippen LogP contribution >= 0.6 is 23.2 Å². The minimum Gasteiger partial charge on any atom is -0.380 e. The van der Waals surface area contributed by atoms with E-state index in [1.807, 2.05) is 0 Å². The summed E-state index contributed by atoms with van der Waals surface area (Å²) in [4.78, 5) is 10.2. The van der Waals surface area contributed by atoms with E-state index in [9.17, 15) is 10.1 Å². The van der Waals surface area contributed by atoms with Gasteiger partial charge in [0.25, 0.3) is 5.69 Å². The minimum absolute atomic E-state index is 0.0866. The van der Waals surface area contributed by atoms with Crippen LogP contribution in [0.5, 0.6) is 0 Å². The monoisotopic (exact) mass is 288 g/mol. The number of non-ortho nitro benzene ring substituents is 1. The first-order valence-electron chi connectivity index (χ1n) is 5.93. The Morgan fingerprint density at radius 1 is 1.44 bits per heavy atom. The zero-order chi connectivity index (χ0) is 13.3. The van der Waals surface area contributed by atoms with Gasteiger partial charge in [0.2, 0.25) is 0 Å². The van der Waals surface area contributed by atoms with E-state index in [2.05, 4.69) is 12.2 Å². The van der Waals surface area contributed by atoms with Crippen LogP contribution in [0.15, 0.2) is 12.1 Å². The lowest BCUT2D eigenvalue weighted by molar-refractivity contribution is -0.384. The van der Waals surface area contributed by atoms with E-state index in [1.165, 1.54) is 18.6 Å². The lowest BCUT2D eigenvalue weighted by atomic mass is 10.2. The number of nitro benzene ring substituents is 1. The fraction of sp³-hybridized carbons (Fsp3) is 0.500. The number of hydrogen-bond acceptors (Lipinski definition) is 3. The summed E-state index contributed by atoms with van der Waals surface area (Å²) in [5.41, 5.74) is 0.518. The molecule has 4 nitrogen and oxygen atoms in total. The predicted molar refractivity (Wildman–Crippen MR) is 73.5 cm³/mol. The summed E-state index contributed by atoms with van der Waals surface area (Å²) in [6.07, 6.45) is 3.45. The maximum Gasteiger partial charge on any atom is 0.272 e. The summed E-state index contributed by atoms with van der Waals surface area (Å²) >= 11 is 12.0. The second kappa shape index (κ2) is 5.33. The van der Waals surface area contributed by atoms with Gasteiger partial charge in [-0.15, -0.1) is 0 Å². The molecule has 0 saturated heterocycles. The lowest BCUT2D eigenvalue weighted by Crippen LogP contribution is -2.06. The Morgan fingerprint density at radius 3 is 2.56 bits per heavy atom. The molecule has 0 aromatic heterocycles. The number of benzene rings is 1. The summed E-state index contributed by atoms with van der Waals surface area (Å²) < 4.78 is 0. The van der Waals surface area contributed by atoms with Gasteiger partial charge < -0.3 is 5.32 Å². The first-order valence-corrected chi connectivity index (χ1v) is 6.68. The van der Waals surface area contributed by atoms with Crippen molar-refractivity contribution in [1.29, 1.82) is 0 Å². The molecule has 1 aromatic rings. The van der Waals surface area contributed by atoms with Crippen molar-refractivity contribution in [3.05, 3.63) is 32.3 Å². The average molecular weight is 289 g/mol. The van der Waals surface area contributed by atoms with Crippen LogP contribution in [-0.4, -0.2) is 11.0 Å². The third-order valence-corrected chi connectivity index (χ3v) is 3.75. The van der Waals surface area contributed by atoms with Crippen molar-refractivity contribution in [2.45, 2.75) is 32.2 Å². The average Bonchev–Trinajstić information content (AvgIpc) is 3.02. The second-order valence-electron chi connectivity index (χ2n) is 4.58. The van der Waals surface area contributed by atoms with Gasteiger partial charge in [-0.3, -0.25) is 10.1 Å². The molecule has 0 aliphatic heterocycles. The van der Waals surface area contributed by atoms with Gasteiger partial charge in [-0.1, -0.05) is 36.5 Å². The highest BCUT2D eigenvalue weighted by Gasteiger charge is 2.36. The molecule has 0 heterocycles. The standard InChI is InChI=1S/C12H14Cl2N2O2/c1-2-3-7-4-11(7)15-12-9(13)5-8(16(17)18)6-10(12)14/h5-7,11,15H,2-4H2,1H3. The molecular weight excluding hydrogens is 275 g/mol. The van der Waals surface area contributed by atoms with Crippen LogP contribution in [0.3, 0.4) is 0 Å². The van der Waals surface area contributed by atoms with Crippen LogP contribution in [0, 0.1) is 16.0 Å². The molecule has 2 unspecified atom stereocenters. The summed E-state index contributed by atoms with van der Waals surface area (Å²) in [7, 11) is 0. The molecule has 0 bridgehead atoms. The van der Waals surface area contributed by atoms with E-state index in [-0.39, 0.29) is 5.69 Å². The van der Waals surface area contributed by atoms with E-state index >= 15 is 0 Å². The van der Waals surface area contributed by atoms with Gasteiger partial charge in [0, 0.05) is 18.2 Å². The SMILES string of the molecule is CCCC1CC1Nc1c(Cl)cc([N+](=O)[O-])cc1Cl. The van der Waals surface area contributed by atoms with Crippen molar-refractivity contribution in [1.82, 2.24) is 0 Å². The Morgan fingerprint density at radius 2 is 2.06 bits per heavy atom. The number of rotatable bonds is 5. The second-order valence-corrected chi connectivity index (χ2v) is 5.39. The van der Waals surface area contributed by atoms with Crippen molar-refractivity contribution in [3.63, 3.8) is 0 Å². The van der Waals surface area contributed by atoms with E-state index in [0.29, 0.717) is 27.7 Å². The van der Waals surface area contributed by atoms with Crippen molar-refractivity contribution in [2.75, 3.05) is 5.32 Å². The predicted octanol–water partition coefficient (Wildman–Crippen LogP) is 4.50. The molecule has 1 aromatic carbocycles. The number of nitro groups is 1. The van der Waals surface area contributed by atoms with Crippen molar-refractivity contribution in [3.8, 4) is 0 Å². The molecular formula is C12H14Cl2N2O2. The topological polar surface area (TPSA) is 55.2 Å². The van der Waals surface area contributed by atoms with Crippen LogP contribution in [-0.2, 0) is 0 Å². The van der Waals surface area contributed by atoms with Gasteiger partial charge in [0.05, 0.1) is 20.7 Å². The summed E-state index contributed by atoms with van der Waals surface area (Å²) in [6.45, 7) is 2.15. The zero-order valence-electron chi connectivity index (χ0n) is 9.95. The fourth-order valence-corrected chi connectivity index (χ4v) is 2.69. The first kappa shape index (κ1) is 13.4. The van der Waals surface area contributed by atoms with Crippen molar-refractivity contribution >= 4 is 34.6 Å². The molecule has 0 radical (unpaired) electrons. The van der Waals surface area contributed by atoms with Gasteiger partial charge in [-0.25, -0.2) is 0 Å². The molecule has 18 heavy (non-hydrogen) atoms. The number of halogens is 2. The maximum absolute atomic E-state index is 10.7.